The molecular formula is C24H19N5O3. The fourth-order valence-electron chi connectivity index (χ4n) is 3.39. The maximum atomic E-state index is 12.7. The molecule has 0 saturated heterocycles. The Bertz CT molecular complexity index is 1370. The van der Waals surface area contributed by atoms with Crippen molar-refractivity contribution in [1.82, 2.24) is 25.7 Å². The molecule has 2 heterocycles. The van der Waals surface area contributed by atoms with Crippen molar-refractivity contribution in [3.05, 3.63) is 84.2 Å². The van der Waals surface area contributed by atoms with Crippen molar-refractivity contribution >= 4 is 16.8 Å². The molecule has 0 bridgehead atoms. The number of hydrogen-bond acceptors (Lipinski definition) is 6. The number of H-pyrrole nitrogens is 1. The van der Waals surface area contributed by atoms with Gasteiger partial charge in [0, 0.05) is 16.7 Å². The van der Waals surface area contributed by atoms with E-state index in [0.29, 0.717) is 28.5 Å². The van der Waals surface area contributed by atoms with E-state index in [1.54, 1.807) is 25.3 Å². The van der Waals surface area contributed by atoms with Crippen LogP contribution in [0.2, 0.25) is 0 Å². The Morgan fingerprint density at radius 2 is 1.84 bits per heavy atom. The summed E-state index contributed by atoms with van der Waals surface area (Å²) in [5.74, 6) is 2.27. The Hall–Kier alpha value is -4.46. The molecule has 0 saturated carbocycles. The van der Waals surface area contributed by atoms with Crippen LogP contribution in [0.1, 0.15) is 16.2 Å². The van der Waals surface area contributed by atoms with Crippen molar-refractivity contribution < 1.29 is 14.1 Å². The zero-order chi connectivity index (χ0) is 21.9. The van der Waals surface area contributed by atoms with E-state index in [9.17, 15) is 4.79 Å². The number of ether oxygens (including phenoxy) is 1. The third kappa shape index (κ3) is 3.81. The highest BCUT2D eigenvalue weighted by Gasteiger charge is 2.14. The summed E-state index contributed by atoms with van der Waals surface area (Å²) in [4.78, 5) is 17.2. The zero-order valence-corrected chi connectivity index (χ0v) is 17.2. The summed E-state index contributed by atoms with van der Waals surface area (Å²) in [6.45, 7) is 0.217. The van der Waals surface area contributed by atoms with Gasteiger partial charge in [-0.3, -0.25) is 9.89 Å². The first-order chi connectivity index (χ1) is 15.7. The number of aromatic nitrogens is 4. The van der Waals surface area contributed by atoms with Gasteiger partial charge in [0.1, 0.15) is 17.1 Å². The summed E-state index contributed by atoms with van der Waals surface area (Å²) < 4.78 is 10.7. The summed E-state index contributed by atoms with van der Waals surface area (Å²) in [5, 5.41) is 14.8. The van der Waals surface area contributed by atoms with E-state index in [0.717, 1.165) is 22.3 Å². The Kier molecular flexibility index (Phi) is 5.09. The molecule has 0 radical (unpaired) electrons. The third-order valence-electron chi connectivity index (χ3n) is 5.07. The predicted molar refractivity (Wildman–Crippen MR) is 119 cm³/mol. The molecule has 5 aromatic rings. The lowest BCUT2D eigenvalue weighted by atomic mass is 10.1. The van der Waals surface area contributed by atoms with Gasteiger partial charge in [0.2, 0.25) is 0 Å². The van der Waals surface area contributed by atoms with Crippen LogP contribution in [-0.4, -0.2) is 33.4 Å². The van der Waals surface area contributed by atoms with E-state index in [1.165, 1.54) is 0 Å². The monoisotopic (exact) mass is 425 g/mol. The first-order valence-electron chi connectivity index (χ1n) is 10.00. The Labute approximate surface area is 183 Å². The van der Waals surface area contributed by atoms with E-state index in [-0.39, 0.29) is 12.5 Å². The smallest absolute Gasteiger partial charge is 0.251 e. The van der Waals surface area contributed by atoms with Gasteiger partial charge >= 0.3 is 0 Å². The van der Waals surface area contributed by atoms with Crippen LogP contribution < -0.4 is 10.1 Å². The minimum atomic E-state index is -0.227. The highest BCUT2D eigenvalue weighted by atomic mass is 16.5. The van der Waals surface area contributed by atoms with Gasteiger partial charge in [0.25, 0.3) is 5.91 Å². The average Bonchev–Trinajstić information content (AvgIpc) is 3.50. The van der Waals surface area contributed by atoms with Gasteiger partial charge in [-0.15, -0.1) is 0 Å². The lowest BCUT2D eigenvalue weighted by molar-refractivity contribution is 0.0950. The minimum Gasteiger partial charge on any atom is -0.497 e. The van der Waals surface area contributed by atoms with E-state index in [2.05, 4.69) is 25.7 Å². The number of fused-ring (bicyclic) bond motifs is 1. The molecule has 8 heteroatoms. The summed E-state index contributed by atoms with van der Waals surface area (Å²) >= 11 is 0. The standard InChI is InChI=1S/C24H19N5O3/c1-31-18-10-7-16(8-11-18)23-26-21(27-28-23)14-25-24(30)17-9-12-20-19(13-17)22(32-29-20)15-5-3-2-4-6-15/h2-13H,14H2,1H3,(H,25,30)(H,26,27,28). The number of hydrogen-bond donors (Lipinski definition) is 2. The molecule has 2 N–H and O–H groups in total. The summed E-state index contributed by atoms with van der Waals surface area (Å²) in [6.07, 6.45) is 0. The molecule has 0 atom stereocenters. The van der Waals surface area contributed by atoms with Crippen LogP contribution in [0.15, 0.2) is 77.3 Å². The van der Waals surface area contributed by atoms with Gasteiger partial charge in [-0.25, -0.2) is 4.98 Å². The van der Waals surface area contributed by atoms with Gasteiger partial charge in [-0.05, 0) is 42.5 Å². The zero-order valence-electron chi connectivity index (χ0n) is 17.2. The lowest BCUT2D eigenvalue weighted by Crippen LogP contribution is -2.23. The first-order valence-corrected chi connectivity index (χ1v) is 10.00. The van der Waals surface area contributed by atoms with Gasteiger partial charge in [-0.1, -0.05) is 35.5 Å². The molecular weight excluding hydrogens is 406 g/mol. The number of methoxy groups -OCH3 is 1. The largest absolute Gasteiger partial charge is 0.497 e. The fraction of sp³-hybridized carbons (Fsp3) is 0.0833. The fourth-order valence-corrected chi connectivity index (χ4v) is 3.39. The third-order valence-corrected chi connectivity index (χ3v) is 5.07. The Morgan fingerprint density at radius 3 is 2.62 bits per heavy atom. The summed E-state index contributed by atoms with van der Waals surface area (Å²) in [5.41, 5.74) is 2.96. The molecule has 32 heavy (non-hydrogen) atoms. The second kappa shape index (κ2) is 8.35. The van der Waals surface area contributed by atoms with Crippen molar-refractivity contribution in [2.75, 3.05) is 7.11 Å². The van der Waals surface area contributed by atoms with Crippen LogP contribution in [0, 0.1) is 0 Å². The molecule has 5 rings (SSSR count). The second-order valence-electron chi connectivity index (χ2n) is 7.13. The van der Waals surface area contributed by atoms with Crippen molar-refractivity contribution in [2.45, 2.75) is 6.54 Å². The normalized spacial score (nSPS) is 10.9. The van der Waals surface area contributed by atoms with Crippen molar-refractivity contribution in [3.8, 4) is 28.5 Å². The summed E-state index contributed by atoms with van der Waals surface area (Å²) in [6, 6.07) is 22.4. The second-order valence-corrected chi connectivity index (χ2v) is 7.13. The van der Waals surface area contributed by atoms with Crippen LogP contribution in [-0.2, 0) is 6.54 Å². The van der Waals surface area contributed by atoms with Crippen LogP contribution in [0.3, 0.4) is 0 Å². The topological polar surface area (TPSA) is 106 Å². The molecule has 1 amide bonds. The van der Waals surface area contributed by atoms with Crippen LogP contribution >= 0.6 is 0 Å². The molecule has 0 aliphatic rings. The number of rotatable bonds is 6. The maximum absolute atomic E-state index is 12.7. The van der Waals surface area contributed by atoms with Gasteiger partial charge in [0.15, 0.2) is 11.6 Å². The first kappa shape index (κ1) is 19.5. The number of benzene rings is 3. The van der Waals surface area contributed by atoms with Crippen molar-refractivity contribution in [1.29, 1.82) is 0 Å². The van der Waals surface area contributed by atoms with E-state index < -0.39 is 0 Å². The molecule has 3 aromatic carbocycles. The van der Waals surface area contributed by atoms with E-state index in [1.807, 2.05) is 54.6 Å². The number of amides is 1. The van der Waals surface area contributed by atoms with Crippen molar-refractivity contribution in [2.24, 2.45) is 0 Å². The quantitative estimate of drug-likeness (QED) is 0.422. The maximum Gasteiger partial charge on any atom is 0.251 e. The van der Waals surface area contributed by atoms with Crippen LogP contribution in [0.5, 0.6) is 5.75 Å². The lowest BCUT2D eigenvalue weighted by Gasteiger charge is -2.03. The van der Waals surface area contributed by atoms with Gasteiger partial charge in [0.05, 0.1) is 19.0 Å². The highest BCUT2D eigenvalue weighted by Crippen LogP contribution is 2.29. The number of carbonyl (C=O) groups excluding carboxylic acids is 1. The molecule has 0 fully saturated rings. The molecule has 2 aromatic heterocycles. The average molecular weight is 425 g/mol. The van der Waals surface area contributed by atoms with Crippen molar-refractivity contribution in [3.63, 3.8) is 0 Å². The SMILES string of the molecule is COc1ccc(-c2n[nH]c(CNC(=O)c3ccc4noc(-c5ccccc5)c4c3)n2)cc1. The Morgan fingerprint density at radius 1 is 1.03 bits per heavy atom. The molecule has 0 unspecified atom stereocenters. The van der Waals surface area contributed by atoms with Gasteiger partial charge in [-0.2, -0.15) is 5.10 Å². The summed E-state index contributed by atoms with van der Waals surface area (Å²) in [7, 11) is 1.62. The molecule has 0 spiro atoms. The Balaban J connectivity index is 1.30. The molecule has 0 aliphatic heterocycles. The minimum absolute atomic E-state index is 0.217. The van der Waals surface area contributed by atoms with Gasteiger partial charge < -0.3 is 14.6 Å². The number of aromatic amines is 1. The predicted octanol–water partition coefficient (Wildman–Crippen LogP) is 4.22. The van der Waals surface area contributed by atoms with E-state index in [4.69, 9.17) is 9.26 Å². The number of nitrogens with one attached hydrogen (secondary N) is 2. The molecule has 158 valence electrons. The highest BCUT2D eigenvalue weighted by molar-refractivity contribution is 6.00. The molecule has 0 aliphatic carbocycles. The van der Waals surface area contributed by atoms with Crippen LogP contribution in [0.4, 0.5) is 0 Å². The van der Waals surface area contributed by atoms with Crippen LogP contribution in [0.25, 0.3) is 33.6 Å². The number of carbonyl (C=O) groups is 1. The number of nitrogens with zero attached hydrogens (tertiary/aromatic N) is 3. The molecule has 8 nitrogen and oxygen atoms in total. The van der Waals surface area contributed by atoms with E-state index >= 15 is 0 Å².